The number of urea groups is 1. The Hall–Kier alpha value is -1.75. The number of hydrogen-bond acceptors (Lipinski definition) is 3. The number of amides is 2. The zero-order chi connectivity index (χ0) is 15.0. The summed E-state index contributed by atoms with van der Waals surface area (Å²) in [6, 6.07) is 6.22. The smallest absolute Gasteiger partial charge is 0.322 e. The maximum atomic E-state index is 12.5. The summed E-state index contributed by atoms with van der Waals surface area (Å²) in [7, 11) is 2.09. The molecule has 2 aliphatic heterocycles. The van der Waals surface area contributed by atoms with Crippen LogP contribution in [-0.4, -0.2) is 49.8 Å². The fraction of sp³-hybridized carbons (Fsp3) is 0.562. The predicted molar refractivity (Wildman–Crippen MR) is 84.0 cm³/mol. The number of carbonyl (C=O) groups excluding carboxylic acids is 1. The minimum absolute atomic E-state index is 0.0433. The molecule has 2 heterocycles. The summed E-state index contributed by atoms with van der Waals surface area (Å²) in [6.07, 6.45) is 1.16. The van der Waals surface area contributed by atoms with Crippen molar-refractivity contribution in [2.75, 3.05) is 37.0 Å². The molecule has 0 bridgehead atoms. The Morgan fingerprint density at radius 2 is 2.14 bits per heavy atom. The van der Waals surface area contributed by atoms with Crippen molar-refractivity contribution in [2.24, 2.45) is 0 Å². The van der Waals surface area contributed by atoms with Crippen molar-refractivity contribution >= 4 is 17.4 Å². The number of likely N-dealkylation sites (N-methyl/N-ethyl adjacent to an activating group) is 1. The van der Waals surface area contributed by atoms with Gasteiger partial charge in [-0.05, 0) is 38.0 Å². The number of hydrogen-bond donors (Lipinski definition) is 1. The number of fused-ring (bicyclic) bond motifs is 1. The highest BCUT2D eigenvalue weighted by molar-refractivity contribution is 5.90. The van der Waals surface area contributed by atoms with Gasteiger partial charge in [-0.15, -0.1) is 0 Å². The van der Waals surface area contributed by atoms with E-state index in [9.17, 15) is 4.79 Å². The molecule has 1 aromatic carbocycles. The normalized spacial score (nSPS) is 24.9. The second-order valence-electron chi connectivity index (χ2n) is 5.96. The van der Waals surface area contributed by atoms with Crippen LogP contribution < -0.4 is 10.2 Å². The van der Waals surface area contributed by atoms with Crippen LogP contribution in [0, 0.1) is 0 Å². The first-order valence-corrected chi connectivity index (χ1v) is 7.59. The van der Waals surface area contributed by atoms with Gasteiger partial charge in [0.25, 0.3) is 0 Å². The van der Waals surface area contributed by atoms with Crippen LogP contribution in [0.4, 0.5) is 16.2 Å². The van der Waals surface area contributed by atoms with Gasteiger partial charge in [-0.25, -0.2) is 4.79 Å². The van der Waals surface area contributed by atoms with Gasteiger partial charge < -0.3 is 19.9 Å². The third-order valence-corrected chi connectivity index (χ3v) is 4.61. The third kappa shape index (κ3) is 2.70. The number of nitrogens with zero attached hydrogens (tertiary/aromatic N) is 2. The highest BCUT2D eigenvalue weighted by Crippen LogP contribution is 2.29. The first-order chi connectivity index (χ1) is 10.1. The number of morpholine rings is 1. The van der Waals surface area contributed by atoms with E-state index in [1.807, 2.05) is 24.8 Å². The Morgan fingerprint density at radius 3 is 2.95 bits per heavy atom. The lowest BCUT2D eigenvalue weighted by Crippen LogP contribution is -2.52. The van der Waals surface area contributed by atoms with Crippen LogP contribution in [0.2, 0.25) is 0 Å². The van der Waals surface area contributed by atoms with Crippen molar-refractivity contribution in [1.82, 2.24) is 4.90 Å². The van der Waals surface area contributed by atoms with Crippen molar-refractivity contribution in [3.8, 4) is 0 Å². The molecule has 0 unspecified atom stereocenters. The van der Waals surface area contributed by atoms with Crippen LogP contribution in [0.15, 0.2) is 18.2 Å². The summed E-state index contributed by atoms with van der Waals surface area (Å²) in [5, 5.41) is 3.02. The van der Waals surface area contributed by atoms with E-state index >= 15 is 0 Å². The minimum Gasteiger partial charge on any atom is -0.375 e. The molecule has 0 saturated carbocycles. The fourth-order valence-electron chi connectivity index (χ4n) is 3.03. The number of benzene rings is 1. The van der Waals surface area contributed by atoms with Gasteiger partial charge in [0.05, 0.1) is 18.8 Å². The van der Waals surface area contributed by atoms with Crippen LogP contribution in [-0.2, 0) is 11.2 Å². The molecule has 3 rings (SSSR count). The molecule has 5 heteroatoms. The van der Waals surface area contributed by atoms with Crippen molar-refractivity contribution in [3.63, 3.8) is 0 Å². The summed E-state index contributed by atoms with van der Waals surface area (Å²) < 4.78 is 5.57. The van der Waals surface area contributed by atoms with Gasteiger partial charge in [-0.3, -0.25) is 0 Å². The molecule has 114 valence electrons. The van der Waals surface area contributed by atoms with Gasteiger partial charge in [-0.2, -0.15) is 0 Å². The number of ether oxygens (including phenoxy) is 1. The topological polar surface area (TPSA) is 44.8 Å². The van der Waals surface area contributed by atoms with Crippen LogP contribution >= 0.6 is 0 Å². The highest BCUT2D eigenvalue weighted by atomic mass is 16.5. The monoisotopic (exact) mass is 289 g/mol. The van der Waals surface area contributed by atoms with Crippen molar-refractivity contribution in [1.29, 1.82) is 0 Å². The van der Waals surface area contributed by atoms with Gasteiger partial charge in [0.15, 0.2) is 0 Å². The molecule has 2 amide bonds. The number of carbonyl (C=O) groups is 1. The Bertz CT molecular complexity index is 546. The number of nitrogens with one attached hydrogen (secondary N) is 1. The molecule has 1 aromatic rings. The number of rotatable bonds is 1. The molecular weight excluding hydrogens is 266 g/mol. The second-order valence-corrected chi connectivity index (χ2v) is 5.96. The minimum atomic E-state index is -0.0433. The molecule has 0 spiro atoms. The zero-order valence-electron chi connectivity index (χ0n) is 12.9. The molecule has 2 atom stereocenters. The van der Waals surface area contributed by atoms with E-state index in [0.29, 0.717) is 13.2 Å². The lowest BCUT2D eigenvalue weighted by Gasteiger charge is -2.37. The van der Waals surface area contributed by atoms with E-state index in [-0.39, 0.29) is 18.2 Å². The van der Waals surface area contributed by atoms with E-state index in [2.05, 4.69) is 29.4 Å². The SMILES string of the molecule is C[C@@H]1[C@@H](C)OCCN1C(=O)Nc1ccc2c(c1)N(C)CC2. The van der Waals surface area contributed by atoms with Crippen molar-refractivity contribution < 1.29 is 9.53 Å². The predicted octanol–water partition coefficient (Wildman–Crippen LogP) is 2.32. The van der Waals surface area contributed by atoms with Crippen LogP contribution in [0.1, 0.15) is 19.4 Å². The Kier molecular flexibility index (Phi) is 3.76. The number of anilines is 2. The highest BCUT2D eigenvalue weighted by Gasteiger charge is 2.29. The first kappa shape index (κ1) is 14.2. The molecule has 2 aliphatic rings. The van der Waals surface area contributed by atoms with E-state index in [1.54, 1.807) is 0 Å². The van der Waals surface area contributed by atoms with Gasteiger partial charge in [-0.1, -0.05) is 6.07 Å². The molecule has 1 fully saturated rings. The van der Waals surface area contributed by atoms with Crippen molar-refractivity contribution in [2.45, 2.75) is 32.4 Å². The lowest BCUT2D eigenvalue weighted by atomic mass is 10.1. The molecular formula is C16H23N3O2. The first-order valence-electron chi connectivity index (χ1n) is 7.59. The maximum absolute atomic E-state index is 12.5. The average molecular weight is 289 g/mol. The third-order valence-electron chi connectivity index (χ3n) is 4.61. The van der Waals surface area contributed by atoms with Crippen LogP contribution in [0.5, 0.6) is 0 Å². The standard InChI is InChI=1S/C16H23N3O2/c1-11-12(2)21-9-8-19(11)16(20)17-14-5-4-13-6-7-18(3)15(13)10-14/h4-5,10-12H,6-9H2,1-3H3,(H,17,20)/t11-,12-/m1/s1. The summed E-state index contributed by atoms with van der Waals surface area (Å²) in [4.78, 5) is 16.5. The molecule has 0 aliphatic carbocycles. The summed E-state index contributed by atoms with van der Waals surface area (Å²) in [5.41, 5.74) is 3.43. The van der Waals surface area contributed by atoms with Crippen LogP contribution in [0.25, 0.3) is 0 Å². The average Bonchev–Trinajstić information content (AvgIpc) is 2.83. The summed E-state index contributed by atoms with van der Waals surface area (Å²) in [6.45, 7) is 6.33. The van der Waals surface area contributed by atoms with E-state index in [4.69, 9.17) is 4.74 Å². The quantitative estimate of drug-likeness (QED) is 0.863. The van der Waals surface area contributed by atoms with Crippen molar-refractivity contribution in [3.05, 3.63) is 23.8 Å². The molecule has 0 aromatic heterocycles. The maximum Gasteiger partial charge on any atom is 0.322 e. The summed E-state index contributed by atoms with van der Waals surface area (Å²) in [5.74, 6) is 0. The van der Waals surface area contributed by atoms with E-state index in [0.717, 1.165) is 18.7 Å². The fourth-order valence-corrected chi connectivity index (χ4v) is 3.03. The van der Waals surface area contributed by atoms with Crippen LogP contribution in [0.3, 0.4) is 0 Å². The molecule has 5 nitrogen and oxygen atoms in total. The van der Waals surface area contributed by atoms with Gasteiger partial charge in [0, 0.05) is 31.5 Å². The lowest BCUT2D eigenvalue weighted by molar-refractivity contribution is -0.0355. The van der Waals surface area contributed by atoms with E-state index < -0.39 is 0 Å². The van der Waals surface area contributed by atoms with Gasteiger partial charge in [0.2, 0.25) is 0 Å². The molecule has 0 radical (unpaired) electrons. The van der Waals surface area contributed by atoms with Gasteiger partial charge in [0.1, 0.15) is 0 Å². The molecule has 1 N–H and O–H groups in total. The Labute approximate surface area is 125 Å². The molecule has 1 saturated heterocycles. The molecule has 21 heavy (non-hydrogen) atoms. The Balaban J connectivity index is 1.72. The largest absolute Gasteiger partial charge is 0.375 e. The summed E-state index contributed by atoms with van der Waals surface area (Å²) >= 11 is 0. The van der Waals surface area contributed by atoms with E-state index in [1.165, 1.54) is 11.3 Å². The Morgan fingerprint density at radius 1 is 1.33 bits per heavy atom. The zero-order valence-corrected chi connectivity index (χ0v) is 12.9. The second kappa shape index (κ2) is 5.56. The van der Waals surface area contributed by atoms with Gasteiger partial charge >= 0.3 is 6.03 Å².